The van der Waals surface area contributed by atoms with E-state index in [2.05, 4.69) is 10.3 Å². The summed E-state index contributed by atoms with van der Waals surface area (Å²) in [5.74, 6) is 0.725. The molecule has 2 N–H and O–H groups in total. The number of ether oxygens (including phenoxy) is 1. The highest BCUT2D eigenvalue weighted by molar-refractivity contribution is 7.71. The molecule has 1 amide bonds. The highest BCUT2D eigenvalue weighted by Gasteiger charge is 2.24. The lowest BCUT2D eigenvalue weighted by molar-refractivity contribution is 0.0923. The van der Waals surface area contributed by atoms with E-state index in [1.54, 1.807) is 18.3 Å². The van der Waals surface area contributed by atoms with Gasteiger partial charge in [0.1, 0.15) is 10.4 Å². The third-order valence-corrected chi connectivity index (χ3v) is 3.98. The molecule has 1 aliphatic heterocycles. The quantitative estimate of drug-likeness (QED) is 0.837. The second-order valence-electron chi connectivity index (χ2n) is 5.07. The number of H-pyrrole nitrogens is 1. The van der Waals surface area contributed by atoms with Gasteiger partial charge in [0.15, 0.2) is 0 Å². The number of pyridine rings is 1. The van der Waals surface area contributed by atoms with Crippen molar-refractivity contribution in [3.63, 3.8) is 0 Å². The highest BCUT2D eigenvalue weighted by Crippen LogP contribution is 2.34. The zero-order valence-corrected chi connectivity index (χ0v) is 12.5. The van der Waals surface area contributed by atoms with E-state index in [4.69, 9.17) is 17.0 Å². The number of benzene rings is 1. The van der Waals surface area contributed by atoms with Gasteiger partial charge in [0.05, 0.1) is 18.2 Å². The third kappa shape index (κ3) is 2.69. The van der Waals surface area contributed by atoms with E-state index in [1.807, 2.05) is 25.1 Å². The fourth-order valence-corrected chi connectivity index (χ4v) is 2.80. The number of amides is 1. The summed E-state index contributed by atoms with van der Waals surface area (Å²) in [4.78, 5) is 15.3. The van der Waals surface area contributed by atoms with Gasteiger partial charge in [0.25, 0.3) is 5.91 Å². The summed E-state index contributed by atoms with van der Waals surface area (Å²) in [5.41, 5.74) is 2.61. The van der Waals surface area contributed by atoms with Crippen LogP contribution in [0, 0.1) is 11.6 Å². The van der Waals surface area contributed by atoms with Gasteiger partial charge in [-0.2, -0.15) is 0 Å². The van der Waals surface area contributed by atoms with E-state index >= 15 is 0 Å². The molecule has 1 atom stereocenters. The summed E-state index contributed by atoms with van der Waals surface area (Å²) in [6.07, 6.45) is 2.47. The number of fused-ring (bicyclic) bond motifs is 1. The molecule has 0 unspecified atom stereocenters. The van der Waals surface area contributed by atoms with Gasteiger partial charge in [0, 0.05) is 18.2 Å². The third-order valence-electron chi connectivity index (χ3n) is 3.64. The molecular weight excluding hydrogens is 284 g/mol. The minimum absolute atomic E-state index is 0.0456. The number of hydrogen-bond acceptors (Lipinski definition) is 3. The second kappa shape index (κ2) is 5.69. The Morgan fingerprint density at radius 3 is 3.05 bits per heavy atom. The molecule has 4 nitrogen and oxygen atoms in total. The predicted octanol–water partition coefficient (Wildman–Crippen LogP) is 3.31. The fourth-order valence-electron chi connectivity index (χ4n) is 2.57. The van der Waals surface area contributed by atoms with Crippen molar-refractivity contribution in [2.45, 2.75) is 19.4 Å². The highest BCUT2D eigenvalue weighted by atomic mass is 32.1. The Labute approximate surface area is 128 Å². The van der Waals surface area contributed by atoms with Crippen LogP contribution in [0.2, 0.25) is 0 Å². The van der Waals surface area contributed by atoms with E-state index in [9.17, 15) is 4.79 Å². The van der Waals surface area contributed by atoms with Crippen LogP contribution in [0.4, 0.5) is 0 Å². The number of carbonyl (C=O) groups excluding carboxylic acids is 1. The molecule has 0 radical (unpaired) electrons. The van der Waals surface area contributed by atoms with Crippen LogP contribution in [0.25, 0.3) is 0 Å². The van der Waals surface area contributed by atoms with Crippen LogP contribution in [-0.4, -0.2) is 17.5 Å². The van der Waals surface area contributed by atoms with Gasteiger partial charge < -0.3 is 15.0 Å². The lowest BCUT2D eigenvalue weighted by atomic mass is 9.97. The predicted molar refractivity (Wildman–Crippen MR) is 83.1 cm³/mol. The molecule has 108 valence electrons. The van der Waals surface area contributed by atoms with Gasteiger partial charge in [-0.25, -0.2) is 0 Å². The van der Waals surface area contributed by atoms with Crippen molar-refractivity contribution in [3.8, 4) is 5.75 Å². The van der Waals surface area contributed by atoms with Gasteiger partial charge in [-0.1, -0.05) is 30.4 Å². The number of rotatable bonds is 2. The number of aryl methyl sites for hydroxylation is 1. The summed E-state index contributed by atoms with van der Waals surface area (Å²) in [5, 5.41) is 3.05. The average molecular weight is 300 g/mol. The van der Waals surface area contributed by atoms with E-state index in [0.717, 1.165) is 23.3 Å². The first-order valence-corrected chi connectivity index (χ1v) is 7.28. The smallest absolute Gasteiger partial charge is 0.254 e. The van der Waals surface area contributed by atoms with Gasteiger partial charge in [-0.15, -0.1) is 0 Å². The van der Waals surface area contributed by atoms with E-state index < -0.39 is 0 Å². The Balaban J connectivity index is 1.88. The number of para-hydroxylation sites is 1. The lowest BCUT2D eigenvalue weighted by Gasteiger charge is -2.27. The van der Waals surface area contributed by atoms with Gasteiger partial charge in [-0.3, -0.25) is 4.79 Å². The van der Waals surface area contributed by atoms with Crippen LogP contribution in [0.5, 0.6) is 5.75 Å². The van der Waals surface area contributed by atoms with Crippen LogP contribution in [0.3, 0.4) is 0 Å². The van der Waals surface area contributed by atoms with Crippen molar-refractivity contribution in [1.82, 2.24) is 10.3 Å². The molecule has 2 aromatic rings. The molecule has 1 aromatic carbocycles. The maximum absolute atomic E-state index is 12.4. The van der Waals surface area contributed by atoms with Crippen molar-refractivity contribution >= 4 is 18.1 Å². The normalized spacial score (nSPS) is 16.7. The molecule has 1 aromatic heterocycles. The number of carbonyl (C=O) groups is 1. The Bertz CT molecular complexity index is 739. The fraction of sp³-hybridized carbons (Fsp3) is 0.250. The van der Waals surface area contributed by atoms with Gasteiger partial charge in [-0.05, 0) is 24.6 Å². The van der Waals surface area contributed by atoms with E-state index in [1.165, 1.54) is 0 Å². The summed E-state index contributed by atoms with van der Waals surface area (Å²) < 4.78 is 6.17. The number of hydrogen-bond donors (Lipinski definition) is 2. The van der Waals surface area contributed by atoms with Crippen LogP contribution >= 0.6 is 12.2 Å². The SMILES string of the molecule is Cc1cccc2c1OCC[C@H]2NC(=O)c1ccc[nH]c1=S. The topological polar surface area (TPSA) is 54.1 Å². The zero-order valence-electron chi connectivity index (χ0n) is 11.7. The molecule has 3 rings (SSSR count). The summed E-state index contributed by atoms with van der Waals surface area (Å²) in [6, 6.07) is 9.44. The van der Waals surface area contributed by atoms with Crippen LogP contribution in [0.15, 0.2) is 36.5 Å². The molecule has 0 fully saturated rings. The summed E-state index contributed by atoms with van der Waals surface area (Å²) >= 11 is 5.15. The molecule has 0 saturated carbocycles. The Hall–Kier alpha value is -2.14. The maximum Gasteiger partial charge on any atom is 0.254 e. The van der Waals surface area contributed by atoms with Crippen LogP contribution < -0.4 is 10.1 Å². The van der Waals surface area contributed by atoms with E-state index in [0.29, 0.717) is 16.8 Å². The maximum atomic E-state index is 12.4. The number of aromatic amines is 1. The molecule has 5 heteroatoms. The second-order valence-corrected chi connectivity index (χ2v) is 5.48. The minimum Gasteiger partial charge on any atom is -0.493 e. The van der Waals surface area contributed by atoms with Gasteiger partial charge >= 0.3 is 0 Å². The first-order chi connectivity index (χ1) is 10.2. The van der Waals surface area contributed by atoms with Crippen LogP contribution in [-0.2, 0) is 0 Å². The molecule has 0 spiro atoms. The van der Waals surface area contributed by atoms with Crippen molar-refractivity contribution in [2.24, 2.45) is 0 Å². The van der Waals surface area contributed by atoms with Crippen molar-refractivity contribution < 1.29 is 9.53 Å². The summed E-state index contributed by atoms with van der Waals surface area (Å²) in [6.45, 7) is 2.61. The lowest BCUT2D eigenvalue weighted by Crippen LogP contribution is -2.32. The van der Waals surface area contributed by atoms with Gasteiger partial charge in [0.2, 0.25) is 0 Å². The Morgan fingerprint density at radius 1 is 1.38 bits per heavy atom. The zero-order chi connectivity index (χ0) is 14.8. The first-order valence-electron chi connectivity index (χ1n) is 6.87. The monoisotopic (exact) mass is 300 g/mol. The Morgan fingerprint density at radius 2 is 2.24 bits per heavy atom. The molecule has 21 heavy (non-hydrogen) atoms. The molecule has 0 saturated heterocycles. The molecule has 2 heterocycles. The minimum atomic E-state index is -0.156. The van der Waals surface area contributed by atoms with Crippen molar-refractivity contribution in [3.05, 3.63) is 57.9 Å². The average Bonchev–Trinajstić information content (AvgIpc) is 2.49. The van der Waals surface area contributed by atoms with Crippen LogP contribution in [0.1, 0.15) is 33.9 Å². The molecule has 0 bridgehead atoms. The molecular formula is C16H16N2O2S. The molecule has 1 aliphatic rings. The largest absolute Gasteiger partial charge is 0.493 e. The van der Waals surface area contributed by atoms with Crippen molar-refractivity contribution in [1.29, 1.82) is 0 Å². The molecule has 0 aliphatic carbocycles. The Kier molecular flexibility index (Phi) is 3.75. The summed E-state index contributed by atoms with van der Waals surface area (Å²) in [7, 11) is 0. The standard InChI is InChI=1S/C16H16N2O2S/c1-10-4-2-5-11-13(7-9-20-14(10)11)18-15(19)12-6-3-8-17-16(12)21/h2-6,8,13H,7,9H2,1H3,(H,17,21)(H,18,19)/t13-/m1/s1. The first kappa shape index (κ1) is 13.8. The van der Waals surface area contributed by atoms with E-state index in [-0.39, 0.29) is 11.9 Å². The number of aromatic nitrogens is 1. The number of nitrogens with one attached hydrogen (secondary N) is 2. The van der Waals surface area contributed by atoms with Crippen molar-refractivity contribution in [2.75, 3.05) is 6.61 Å².